The van der Waals surface area contributed by atoms with Crippen molar-refractivity contribution in [3.8, 4) is 0 Å². The number of esters is 2. The Bertz CT molecular complexity index is 897. The number of fused-ring (bicyclic) bond motifs is 2. The van der Waals surface area contributed by atoms with Crippen molar-refractivity contribution in [1.82, 2.24) is 0 Å². The van der Waals surface area contributed by atoms with E-state index in [0.717, 1.165) is 64.4 Å². The molecule has 0 aromatic rings. The predicted molar refractivity (Wildman–Crippen MR) is 142 cm³/mol. The van der Waals surface area contributed by atoms with Crippen LogP contribution in [0.4, 0.5) is 0 Å². The third kappa shape index (κ3) is 4.72. The van der Waals surface area contributed by atoms with Crippen LogP contribution in [0.5, 0.6) is 0 Å². The molecule has 216 valence electrons. The molecule has 0 unspecified atom stereocenters. The van der Waals surface area contributed by atoms with E-state index in [1.165, 1.54) is 13.8 Å². The fraction of sp³-hybridized carbons (Fsp3) is 0.935. The summed E-state index contributed by atoms with van der Waals surface area (Å²) in [4.78, 5) is 23.2. The van der Waals surface area contributed by atoms with Crippen LogP contribution in [0.25, 0.3) is 0 Å². The summed E-state index contributed by atoms with van der Waals surface area (Å²) >= 11 is 0. The third-order valence-corrected chi connectivity index (χ3v) is 11.9. The van der Waals surface area contributed by atoms with E-state index in [2.05, 4.69) is 27.7 Å². The quantitative estimate of drug-likeness (QED) is 0.481. The summed E-state index contributed by atoms with van der Waals surface area (Å²) in [5.41, 5.74) is -0.302. The van der Waals surface area contributed by atoms with Crippen molar-refractivity contribution in [2.24, 2.45) is 46.3 Å². The molecule has 5 aliphatic rings. The largest absolute Gasteiger partial charge is 0.466 e. The molecule has 3 aliphatic carbocycles. The molecule has 0 radical (unpaired) electrons. The summed E-state index contributed by atoms with van der Waals surface area (Å²) < 4.78 is 24.4. The number of ether oxygens (including phenoxy) is 4. The lowest BCUT2D eigenvalue weighted by molar-refractivity contribution is -0.272. The number of aliphatic hydroxyl groups excluding tert-OH is 1. The fourth-order valence-corrected chi connectivity index (χ4v) is 9.78. The van der Waals surface area contributed by atoms with E-state index >= 15 is 0 Å². The molecule has 38 heavy (non-hydrogen) atoms. The summed E-state index contributed by atoms with van der Waals surface area (Å²) in [6.07, 6.45) is 7.95. The Morgan fingerprint density at radius 1 is 1.00 bits per heavy atom. The van der Waals surface area contributed by atoms with E-state index in [0.29, 0.717) is 24.4 Å². The molecule has 0 amide bonds. The van der Waals surface area contributed by atoms with Crippen LogP contribution < -0.4 is 0 Å². The molecule has 1 N–H and O–H groups in total. The second-order valence-electron chi connectivity index (χ2n) is 14.1. The van der Waals surface area contributed by atoms with Crippen molar-refractivity contribution in [2.75, 3.05) is 13.2 Å². The monoisotopic (exact) mass is 534 g/mol. The highest BCUT2D eigenvalue weighted by Gasteiger charge is 2.67. The standard InChI is InChI=1S/C31H50O7/c1-18-9-12-31(36-17-18)19(2)27-26(38-31)16-25(30(27,6)13-14-35-20(3)32)24-8-7-22-15-23(37-21(4)33)10-11-29(22,5)28(24)34/h18-19,22-28,34H,7-17H2,1-6H3/t18-,19+,22+,23+,24+,25+,26+,27+,28+,29+,30+,31-/m1/s1. The second kappa shape index (κ2) is 10.3. The van der Waals surface area contributed by atoms with Crippen molar-refractivity contribution in [3.63, 3.8) is 0 Å². The topological polar surface area (TPSA) is 91.3 Å². The van der Waals surface area contributed by atoms with Gasteiger partial charge in [-0.25, -0.2) is 0 Å². The van der Waals surface area contributed by atoms with Gasteiger partial charge in [0.05, 0.1) is 25.4 Å². The first kappa shape index (κ1) is 28.4. The lowest BCUT2D eigenvalue weighted by Crippen LogP contribution is -2.55. The van der Waals surface area contributed by atoms with Gasteiger partial charge in [0.25, 0.3) is 0 Å². The van der Waals surface area contributed by atoms with Gasteiger partial charge in [-0.1, -0.05) is 27.7 Å². The molecule has 12 atom stereocenters. The first-order valence-electron chi connectivity index (χ1n) is 15.2. The van der Waals surface area contributed by atoms with Gasteiger partial charge in [-0.3, -0.25) is 9.59 Å². The van der Waals surface area contributed by atoms with Crippen LogP contribution in [0.15, 0.2) is 0 Å². The maximum Gasteiger partial charge on any atom is 0.302 e. The average molecular weight is 535 g/mol. The maximum absolute atomic E-state index is 12.0. The molecule has 7 nitrogen and oxygen atoms in total. The van der Waals surface area contributed by atoms with Crippen LogP contribution in [0.2, 0.25) is 0 Å². The second-order valence-corrected chi connectivity index (χ2v) is 14.1. The van der Waals surface area contributed by atoms with Gasteiger partial charge in [0.15, 0.2) is 5.79 Å². The molecular weight excluding hydrogens is 484 g/mol. The van der Waals surface area contributed by atoms with Gasteiger partial charge < -0.3 is 24.1 Å². The highest BCUT2D eigenvalue weighted by molar-refractivity contribution is 5.66. The van der Waals surface area contributed by atoms with Crippen molar-refractivity contribution in [3.05, 3.63) is 0 Å². The Morgan fingerprint density at radius 3 is 2.42 bits per heavy atom. The van der Waals surface area contributed by atoms with Gasteiger partial charge in [-0.2, -0.15) is 0 Å². The molecule has 5 rings (SSSR count). The molecule has 2 heterocycles. The molecule has 2 aliphatic heterocycles. The van der Waals surface area contributed by atoms with Crippen LogP contribution in [0.1, 0.15) is 99.3 Å². The summed E-state index contributed by atoms with van der Waals surface area (Å²) in [6.45, 7) is 13.3. The molecule has 1 spiro atoms. The molecule has 0 aromatic heterocycles. The average Bonchev–Trinajstić information content (AvgIpc) is 3.27. The van der Waals surface area contributed by atoms with Crippen LogP contribution in [-0.4, -0.2) is 54.4 Å². The van der Waals surface area contributed by atoms with Gasteiger partial charge in [-0.05, 0) is 91.8 Å². The molecule has 5 fully saturated rings. The Kier molecular flexibility index (Phi) is 7.71. The number of rotatable bonds is 5. The minimum atomic E-state index is -0.507. The molecule has 7 heteroatoms. The van der Waals surface area contributed by atoms with E-state index in [1.54, 1.807) is 0 Å². The Balaban J connectivity index is 1.38. The summed E-state index contributed by atoms with van der Waals surface area (Å²) in [6, 6.07) is 0. The van der Waals surface area contributed by atoms with Crippen LogP contribution in [0.3, 0.4) is 0 Å². The molecule has 3 saturated carbocycles. The van der Waals surface area contributed by atoms with Crippen molar-refractivity contribution >= 4 is 11.9 Å². The molecule has 2 saturated heterocycles. The maximum atomic E-state index is 12.0. The summed E-state index contributed by atoms with van der Waals surface area (Å²) in [5, 5.41) is 12.0. The van der Waals surface area contributed by atoms with Gasteiger partial charge in [-0.15, -0.1) is 0 Å². The van der Waals surface area contributed by atoms with E-state index in [4.69, 9.17) is 18.9 Å². The van der Waals surface area contributed by atoms with Crippen molar-refractivity contribution in [1.29, 1.82) is 0 Å². The lowest BCUT2D eigenvalue weighted by Gasteiger charge is -2.56. The number of hydrogen-bond donors (Lipinski definition) is 1. The van der Waals surface area contributed by atoms with E-state index < -0.39 is 11.9 Å². The van der Waals surface area contributed by atoms with Crippen molar-refractivity contribution < 1.29 is 33.6 Å². The lowest BCUT2D eigenvalue weighted by atomic mass is 9.51. The van der Waals surface area contributed by atoms with Crippen LogP contribution in [-0.2, 0) is 28.5 Å². The van der Waals surface area contributed by atoms with E-state index in [9.17, 15) is 14.7 Å². The Labute approximate surface area is 228 Å². The summed E-state index contributed by atoms with van der Waals surface area (Å²) in [7, 11) is 0. The highest BCUT2D eigenvalue weighted by Crippen LogP contribution is 2.66. The smallest absolute Gasteiger partial charge is 0.302 e. The Morgan fingerprint density at radius 2 is 1.76 bits per heavy atom. The van der Waals surface area contributed by atoms with E-state index in [-0.39, 0.29) is 52.7 Å². The van der Waals surface area contributed by atoms with Gasteiger partial charge in [0.1, 0.15) is 6.10 Å². The van der Waals surface area contributed by atoms with Gasteiger partial charge >= 0.3 is 11.9 Å². The molecule has 0 aromatic carbocycles. The van der Waals surface area contributed by atoms with Crippen LogP contribution in [0, 0.1) is 46.3 Å². The highest BCUT2D eigenvalue weighted by atomic mass is 16.7. The number of carbonyl (C=O) groups excluding carboxylic acids is 2. The third-order valence-electron chi connectivity index (χ3n) is 11.9. The van der Waals surface area contributed by atoms with Crippen LogP contribution >= 0.6 is 0 Å². The van der Waals surface area contributed by atoms with Crippen molar-refractivity contribution in [2.45, 2.75) is 123 Å². The number of carbonyl (C=O) groups is 2. The number of aliphatic hydroxyl groups is 1. The SMILES string of the molecule is CC(=O)OCC[C@]1(C)[C@@H]2[C@H](C[C@H]1[C@@H]1CC[C@H]3C[C@@H](OC(C)=O)CC[C@]3(C)[C@H]1O)O[C@]1(CC[C@@H](C)CO1)[C@H]2C. The first-order valence-corrected chi connectivity index (χ1v) is 15.2. The summed E-state index contributed by atoms with van der Waals surface area (Å²) in [5.74, 6) is 0.962. The minimum absolute atomic E-state index is 0.0298. The zero-order chi connectivity index (χ0) is 27.5. The predicted octanol–water partition coefficient (Wildman–Crippen LogP) is 5.27. The van der Waals surface area contributed by atoms with Gasteiger partial charge in [0, 0.05) is 26.2 Å². The Hall–Kier alpha value is -1.18. The van der Waals surface area contributed by atoms with E-state index in [1.807, 2.05) is 0 Å². The zero-order valence-electron chi connectivity index (χ0n) is 24.4. The first-order chi connectivity index (χ1) is 17.9. The molecule has 0 bridgehead atoms. The zero-order valence-corrected chi connectivity index (χ0v) is 24.4. The number of hydrogen-bond acceptors (Lipinski definition) is 7. The van der Waals surface area contributed by atoms with Gasteiger partial charge in [0.2, 0.25) is 0 Å². The normalized spacial score (nSPS) is 50.3. The fourth-order valence-electron chi connectivity index (χ4n) is 9.78. The molecular formula is C31H50O7. The minimum Gasteiger partial charge on any atom is -0.466 e.